The molecular weight excluding hydrogens is 512 g/mol. The molecule has 0 aromatic carbocycles. The van der Waals surface area contributed by atoms with Gasteiger partial charge in [-0.25, -0.2) is 9.59 Å². The molecule has 0 bridgehead atoms. The average molecular weight is 569 g/mol. The molecule has 0 rings (SSSR count). The lowest BCUT2D eigenvalue weighted by atomic mass is 10.2. The van der Waals surface area contributed by atoms with Gasteiger partial charge in [0, 0.05) is 12.2 Å². The third-order valence-electron chi connectivity index (χ3n) is 7.32. The van der Waals surface area contributed by atoms with Crippen LogP contribution in [0.4, 0.5) is 0 Å². The van der Waals surface area contributed by atoms with E-state index in [-0.39, 0.29) is 23.3 Å². The highest BCUT2D eigenvalue weighted by atomic mass is 28.4. The van der Waals surface area contributed by atoms with Crippen molar-refractivity contribution >= 4 is 28.6 Å². The minimum atomic E-state index is -2.07. The normalized spacial score (nSPS) is 15.4. The smallest absolute Gasteiger partial charge is 0.331 e. The van der Waals surface area contributed by atoms with Gasteiger partial charge in [0.1, 0.15) is 12.2 Å². The summed E-state index contributed by atoms with van der Waals surface area (Å²) in [5.41, 5.74) is 0. The van der Waals surface area contributed by atoms with Gasteiger partial charge in [-0.15, -0.1) is 0 Å². The summed E-state index contributed by atoms with van der Waals surface area (Å²) < 4.78 is 24.2. The highest BCUT2D eigenvalue weighted by molar-refractivity contribution is 6.74. The first kappa shape index (κ1) is 36.5. The molecule has 0 spiro atoms. The van der Waals surface area contributed by atoms with Gasteiger partial charge < -0.3 is 18.3 Å². The van der Waals surface area contributed by atoms with Crippen molar-refractivity contribution < 1.29 is 27.9 Å². The van der Waals surface area contributed by atoms with Crippen molar-refractivity contribution in [2.75, 3.05) is 13.2 Å². The minimum absolute atomic E-state index is 0.0200. The Morgan fingerprint density at radius 3 is 1.24 bits per heavy atom. The summed E-state index contributed by atoms with van der Waals surface area (Å²) in [5, 5.41) is 0.0401. The zero-order valence-corrected chi connectivity index (χ0v) is 28.3. The van der Waals surface area contributed by atoms with E-state index in [1.807, 2.05) is 12.2 Å². The van der Waals surface area contributed by atoms with Gasteiger partial charge in [0.15, 0.2) is 16.6 Å². The van der Waals surface area contributed by atoms with Crippen molar-refractivity contribution in [2.24, 2.45) is 0 Å². The molecular formula is C30H56O6Si2. The number of rotatable bonds is 16. The van der Waals surface area contributed by atoms with Crippen LogP contribution in [0.15, 0.2) is 36.5 Å². The van der Waals surface area contributed by atoms with Gasteiger partial charge in [-0.05, 0) is 61.3 Å². The van der Waals surface area contributed by atoms with Gasteiger partial charge in [-0.1, -0.05) is 80.4 Å². The molecule has 0 radical (unpaired) electrons. The van der Waals surface area contributed by atoms with Gasteiger partial charge in [0.2, 0.25) is 0 Å². The fourth-order valence-corrected chi connectivity index (χ4v) is 4.62. The molecule has 0 aromatic rings. The Balaban J connectivity index is 5.86. The quantitative estimate of drug-likeness (QED) is 0.0810. The first-order valence-corrected chi connectivity index (χ1v) is 19.9. The number of hydrogen-bond acceptors (Lipinski definition) is 6. The average Bonchev–Trinajstić information content (AvgIpc) is 2.77. The number of carbonyl (C=O) groups is 2. The highest BCUT2D eigenvalue weighted by Gasteiger charge is 2.39. The first-order chi connectivity index (χ1) is 17.4. The molecule has 0 aliphatic heterocycles. The molecule has 0 unspecified atom stereocenters. The molecule has 38 heavy (non-hydrogen) atoms. The summed E-state index contributed by atoms with van der Waals surface area (Å²) in [4.78, 5) is 25.0. The largest absolute Gasteiger partial charge is 0.453 e. The lowest BCUT2D eigenvalue weighted by Crippen LogP contribution is -2.43. The summed E-state index contributed by atoms with van der Waals surface area (Å²) in [5.74, 6) is -0.832. The molecule has 2 atom stereocenters. The van der Waals surface area contributed by atoms with Crippen LogP contribution in [-0.2, 0) is 27.9 Å². The highest BCUT2D eigenvalue weighted by Crippen LogP contribution is 2.37. The van der Waals surface area contributed by atoms with Gasteiger partial charge >= 0.3 is 11.9 Å². The van der Waals surface area contributed by atoms with Crippen LogP contribution in [0.3, 0.4) is 0 Å². The zero-order valence-electron chi connectivity index (χ0n) is 26.3. The predicted octanol–water partition coefficient (Wildman–Crippen LogP) is 8.12. The maximum absolute atomic E-state index is 12.5. The van der Waals surface area contributed by atoms with E-state index in [4.69, 9.17) is 18.3 Å². The molecule has 0 N–H and O–H groups in total. The number of carbonyl (C=O) groups excluding carboxylic acids is 2. The fourth-order valence-electron chi connectivity index (χ4n) is 2.59. The molecule has 8 heteroatoms. The monoisotopic (exact) mass is 568 g/mol. The Bertz CT molecular complexity index is 735. The van der Waals surface area contributed by atoms with Gasteiger partial charge in [-0.2, -0.15) is 0 Å². The Kier molecular flexibility index (Phi) is 15.9. The van der Waals surface area contributed by atoms with E-state index >= 15 is 0 Å². The Hall–Kier alpha value is -1.49. The maximum atomic E-state index is 12.5. The Labute approximate surface area is 235 Å². The van der Waals surface area contributed by atoms with Crippen molar-refractivity contribution in [1.82, 2.24) is 0 Å². The lowest BCUT2D eigenvalue weighted by Gasteiger charge is -2.37. The van der Waals surface area contributed by atoms with Crippen LogP contribution in [0.25, 0.3) is 0 Å². The summed E-state index contributed by atoms with van der Waals surface area (Å²) in [7, 11) is -4.14. The predicted molar refractivity (Wildman–Crippen MR) is 163 cm³/mol. The summed E-state index contributed by atoms with van der Waals surface area (Å²) in [6.07, 6.45) is 12.4. The SMILES string of the molecule is CCC/C=C/C(=O)O[C@@H](C=C[C@@H](CO[Si](C)(C)C(C)(C)C)OC(=O)/C=C/CCC)CO[Si](C)(C)C(C)(C)C. The van der Waals surface area contributed by atoms with Crippen molar-refractivity contribution in [3.63, 3.8) is 0 Å². The number of ether oxygens (including phenoxy) is 2. The van der Waals surface area contributed by atoms with Gasteiger partial charge in [-0.3, -0.25) is 0 Å². The summed E-state index contributed by atoms with van der Waals surface area (Å²) >= 11 is 0. The van der Waals surface area contributed by atoms with Crippen LogP contribution in [0.5, 0.6) is 0 Å². The van der Waals surface area contributed by atoms with Crippen molar-refractivity contribution in [1.29, 1.82) is 0 Å². The molecule has 0 saturated carbocycles. The van der Waals surface area contributed by atoms with Crippen molar-refractivity contribution in [3.05, 3.63) is 36.5 Å². The molecule has 0 fully saturated rings. The van der Waals surface area contributed by atoms with E-state index in [1.54, 1.807) is 12.2 Å². The fraction of sp³-hybridized carbons (Fsp3) is 0.733. The maximum Gasteiger partial charge on any atom is 0.331 e. The number of hydrogen-bond donors (Lipinski definition) is 0. The molecule has 0 amide bonds. The number of esters is 2. The van der Waals surface area contributed by atoms with Crippen LogP contribution < -0.4 is 0 Å². The van der Waals surface area contributed by atoms with Gasteiger partial charge in [0.05, 0.1) is 13.2 Å². The summed E-state index contributed by atoms with van der Waals surface area (Å²) in [6.45, 7) is 26.3. The van der Waals surface area contributed by atoms with E-state index < -0.39 is 40.8 Å². The van der Waals surface area contributed by atoms with Crippen molar-refractivity contribution in [2.45, 2.75) is 130 Å². The van der Waals surface area contributed by atoms with Crippen LogP contribution in [0.2, 0.25) is 36.3 Å². The molecule has 6 nitrogen and oxygen atoms in total. The van der Waals surface area contributed by atoms with E-state index in [0.29, 0.717) is 0 Å². The minimum Gasteiger partial charge on any atom is -0.453 e. The van der Waals surface area contributed by atoms with Crippen molar-refractivity contribution in [3.8, 4) is 0 Å². The van der Waals surface area contributed by atoms with E-state index in [2.05, 4.69) is 81.6 Å². The Morgan fingerprint density at radius 2 is 0.974 bits per heavy atom. The van der Waals surface area contributed by atoms with Crippen LogP contribution in [-0.4, -0.2) is 54.0 Å². The van der Waals surface area contributed by atoms with Gasteiger partial charge in [0.25, 0.3) is 0 Å². The second-order valence-electron chi connectivity index (χ2n) is 12.9. The van der Waals surface area contributed by atoms with Crippen LogP contribution >= 0.6 is 0 Å². The second-order valence-corrected chi connectivity index (χ2v) is 22.5. The van der Waals surface area contributed by atoms with E-state index in [0.717, 1.165) is 25.7 Å². The summed E-state index contributed by atoms with van der Waals surface area (Å²) in [6, 6.07) is 0. The standard InChI is InChI=1S/C30H56O6Si2/c1-13-15-17-19-27(31)35-25(23-33-37(9,10)29(3,4)5)21-22-26(36-28(32)20-18-16-14-2)24-34-38(11,12)30(6,7)8/h17-22,25-26H,13-16,23-24H2,1-12H3/b19-17+,20-18+,22-21?/t25-,26-/m0/s1. The van der Waals surface area contributed by atoms with E-state index in [9.17, 15) is 9.59 Å². The topological polar surface area (TPSA) is 71.1 Å². The number of unbranched alkanes of at least 4 members (excludes halogenated alkanes) is 2. The molecule has 220 valence electrons. The lowest BCUT2D eigenvalue weighted by molar-refractivity contribution is -0.143. The third-order valence-corrected chi connectivity index (χ3v) is 16.3. The molecule has 0 saturated heterocycles. The molecule has 0 aliphatic carbocycles. The van der Waals surface area contributed by atoms with Crippen LogP contribution in [0, 0.1) is 0 Å². The molecule has 0 aromatic heterocycles. The first-order valence-electron chi connectivity index (χ1n) is 14.1. The molecule has 0 aliphatic rings. The third kappa shape index (κ3) is 14.6. The van der Waals surface area contributed by atoms with Crippen LogP contribution in [0.1, 0.15) is 81.1 Å². The second kappa shape index (κ2) is 16.6. The van der Waals surface area contributed by atoms with E-state index in [1.165, 1.54) is 12.2 Å². The number of allylic oxidation sites excluding steroid dienone is 2. The zero-order chi connectivity index (χ0) is 29.6. The molecule has 0 heterocycles. The Morgan fingerprint density at radius 1 is 0.658 bits per heavy atom.